The van der Waals surface area contributed by atoms with Gasteiger partial charge in [0.2, 0.25) is 0 Å². The highest BCUT2D eigenvalue weighted by Gasteiger charge is 2.27. The van der Waals surface area contributed by atoms with E-state index in [9.17, 15) is 4.79 Å². The van der Waals surface area contributed by atoms with Crippen molar-refractivity contribution in [3.63, 3.8) is 0 Å². The highest BCUT2D eigenvalue weighted by atomic mass is 16.5. The lowest BCUT2D eigenvalue weighted by atomic mass is 9.82. The van der Waals surface area contributed by atoms with Gasteiger partial charge in [-0.2, -0.15) is 5.10 Å². The molecule has 0 saturated heterocycles. The number of fused-ring (bicyclic) bond motifs is 1. The van der Waals surface area contributed by atoms with Gasteiger partial charge in [-0.25, -0.2) is 4.68 Å². The molecule has 0 unspecified atom stereocenters. The van der Waals surface area contributed by atoms with E-state index in [-0.39, 0.29) is 11.9 Å². The third kappa shape index (κ3) is 4.53. The van der Waals surface area contributed by atoms with Crippen molar-refractivity contribution in [1.29, 1.82) is 0 Å². The first-order valence-electron chi connectivity index (χ1n) is 10.5. The molecule has 2 atom stereocenters. The van der Waals surface area contributed by atoms with Gasteiger partial charge in [-0.3, -0.25) is 14.8 Å². The lowest BCUT2D eigenvalue weighted by Crippen LogP contribution is -2.30. The lowest BCUT2D eigenvalue weighted by Gasteiger charge is -2.30. The lowest BCUT2D eigenvalue weighted by molar-refractivity contribution is -0.121. The Morgan fingerprint density at radius 1 is 1.21 bits per heavy atom. The number of ether oxygens (including phenoxy) is 1. The van der Waals surface area contributed by atoms with E-state index in [0.717, 1.165) is 40.8 Å². The normalized spacial score (nSPS) is 19.5. The first kappa shape index (κ1) is 19.7. The Labute approximate surface area is 171 Å². The number of hydrogen-bond donors (Lipinski definition) is 0. The second kappa shape index (κ2) is 8.82. The zero-order valence-corrected chi connectivity index (χ0v) is 17.2. The molecule has 0 spiro atoms. The van der Waals surface area contributed by atoms with Crippen molar-refractivity contribution in [3.8, 4) is 5.69 Å². The molecule has 4 rings (SSSR count). The van der Waals surface area contributed by atoms with Gasteiger partial charge in [-0.1, -0.05) is 12.8 Å². The van der Waals surface area contributed by atoms with Crippen molar-refractivity contribution in [2.24, 2.45) is 5.92 Å². The molecular formula is C23H28N4O2. The maximum atomic E-state index is 12.7. The van der Waals surface area contributed by atoms with Crippen LogP contribution >= 0.6 is 0 Å². The number of carbonyl (C=O) groups excluding carboxylic acids is 1. The fourth-order valence-electron chi connectivity index (χ4n) is 4.34. The number of Topliss-reactive ketones (excluding diaryl/α,β-unsaturated/α-hetero) is 1. The molecule has 3 aromatic rings. The summed E-state index contributed by atoms with van der Waals surface area (Å²) in [6, 6.07) is 5.89. The van der Waals surface area contributed by atoms with E-state index in [0.29, 0.717) is 25.4 Å². The maximum absolute atomic E-state index is 12.7. The van der Waals surface area contributed by atoms with Crippen molar-refractivity contribution in [2.45, 2.75) is 58.5 Å². The van der Waals surface area contributed by atoms with Crippen molar-refractivity contribution >= 4 is 16.7 Å². The van der Waals surface area contributed by atoms with Crippen molar-refractivity contribution in [1.82, 2.24) is 19.7 Å². The van der Waals surface area contributed by atoms with Gasteiger partial charge in [0.05, 0.1) is 29.7 Å². The van der Waals surface area contributed by atoms with Crippen molar-refractivity contribution < 1.29 is 9.53 Å². The Kier molecular flexibility index (Phi) is 6.00. The van der Waals surface area contributed by atoms with Crippen molar-refractivity contribution in [3.05, 3.63) is 48.2 Å². The zero-order chi connectivity index (χ0) is 20.2. The molecule has 1 fully saturated rings. The van der Waals surface area contributed by atoms with Crippen LogP contribution in [0.1, 0.15) is 50.4 Å². The second-order valence-corrected chi connectivity index (χ2v) is 7.90. The van der Waals surface area contributed by atoms with Crippen LogP contribution in [0.4, 0.5) is 0 Å². The molecule has 152 valence electrons. The fraction of sp³-hybridized carbons (Fsp3) is 0.478. The Morgan fingerprint density at radius 2 is 2.07 bits per heavy atom. The van der Waals surface area contributed by atoms with Crippen LogP contribution in [-0.4, -0.2) is 38.2 Å². The first-order valence-corrected chi connectivity index (χ1v) is 10.5. The SMILES string of the molecule is CCO[C@H]1CCCC[C@@H]1CC(=O)Cc1cc2cnn(-c3ccnc(C)c3)c2cn1. The van der Waals surface area contributed by atoms with Crippen LogP contribution in [0.2, 0.25) is 0 Å². The van der Waals surface area contributed by atoms with Gasteiger partial charge < -0.3 is 4.74 Å². The van der Waals surface area contributed by atoms with E-state index < -0.39 is 0 Å². The maximum Gasteiger partial charge on any atom is 0.139 e. The third-order valence-corrected chi connectivity index (χ3v) is 5.72. The van der Waals surface area contributed by atoms with E-state index in [2.05, 4.69) is 15.1 Å². The third-order valence-electron chi connectivity index (χ3n) is 5.72. The minimum Gasteiger partial charge on any atom is -0.378 e. The van der Waals surface area contributed by atoms with Gasteiger partial charge in [-0.15, -0.1) is 0 Å². The largest absolute Gasteiger partial charge is 0.378 e. The molecule has 6 heteroatoms. The summed E-state index contributed by atoms with van der Waals surface area (Å²) in [5, 5.41) is 5.49. The summed E-state index contributed by atoms with van der Waals surface area (Å²) in [5.41, 5.74) is 3.62. The van der Waals surface area contributed by atoms with Crippen LogP contribution in [-0.2, 0) is 16.0 Å². The number of ketones is 1. The van der Waals surface area contributed by atoms with Gasteiger partial charge in [0.25, 0.3) is 0 Å². The number of aryl methyl sites for hydroxylation is 1. The Hall–Kier alpha value is -2.60. The Morgan fingerprint density at radius 3 is 2.90 bits per heavy atom. The first-order chi connectivity index (χ1) is 14.1. The van der Waals surface area contributed by atoms with Crippen LogP contribution in [0.5, 0.6) is 0 Å². The second-order valence-electron chi connectivity index (χ2n) is 7.90. The van der Waals surface area contributed by atoms with E-state index in [1.165, 1.54) is 12.8 Å². The quantitative estimate of drug-likeness (QED) is 0.602. The zero-order valence-electron chi connectivity index (χ0n) is 17.2. The molecule has 0 aromatic carbocycles. The summed E-state index contributed by atoms with van der Waals surface area (Å²) in [5.74, 6) is 0.586. The summed E-state index contributed by atoms with van der Waals surface area (Å²) in [6.45, 7) is 4.70. The number of nitrogens with zero attached hydrogens (tertiary/aromatic N) is 4. The molecule has 29 heavy (non-hydrogen) atoms. The average Bonchev–Trinajstić information content (AvgIpc) is 3.13. The molecule has 6 nitrogen and oxygen atoms in total. The molecule has 1 aliphatic carbocycles. The van der Waals surface area contributed by atoms with Crippen molar-refractivity contribution in [2.75, 3.05) is 6.61 Å². The molecule has 3 heterocycles. The van der Waals surface area contributed by atoms with E-state index in [4.69, 9.17) is 4.74 Å². The standard InChI is InChI=1S/C23H28N4O2/c1-3-29-23-7-5-4-6-17(23)12-21(28)13-19-11-18-14-26-27(22(18)15-25-19)20-8-9-24-16(2)10-20/h8-11,14-15,17,23H,3-7,12-13H2,1-2H3/t17-,23+/m1/s1. The van der Waals surface area contributed by atoms with Crippen LogP contribution in [0.25, 0.3) is 16.6 Å². The molecule has 0 bridgehead atoms. The molecule has 0 radical (unpaired) electrons. The van der Waals surface area contributed by atoms with Gasteiger partial charge >= 0.3 is 0 Å². The van der Waals surface area contributed by atoms with Crippen LogP contribution in [0, 0.1) is 12.8 Å². The number of hydrogen-bond acceptors (Lipinski definition) is 5. The van der Waals surface area contributed by atoms with Gasteiger partial charge in [0, 0.05) is 42.4 Å². The smallest absolute Gasteiger partial charge is 0.139 e. The Balaban J connectivity index is 1.46. The monoisotopic (exact) mass is 392 g/mol. The molecule has 0 aliphatic heterocycles. The van der Waals surface area contributed by atoms with E-state index >= 15 is 0 Å². The number of aromatic nitrogens is 4. The molecule has 1 saturated carbocycles. The summed E-state index contributed by atoms with van der Waals surface area (Å²) in [7, 11) is 0. The summed E-state index contributed by atoms with van der Waals surface area (Å²) >= 11 is 0. The molecular weight excluding hydrogens is 364 g/mol. The predicted molar refractivity (Wildman–Crippen MR) is 112 cm³/mol. The van der Waals surface area contributed by atoms with E-state index in [1.54, 1.807) is 6.20 Å². The topological polar surface area (TPSA) is 69.9 Å². The summed E-state index contributed by atoms with van der Waals surface area (Å²) < 4.78 is 7.73. The van der Waals surface area contributed by atoms with Crippen LogP contribution in [0.3, 0.4) is 0 Å². The van der Waals surface area contributed by atoms with Crippen LogP contribution in [0.15, 0.2) is 36.8 Å². The molecule has 0 N–H and O–H groups in total. The number of rotatable bonds is 7. The van der Waals surface area contributed by atoms with Gasteiger partial charge in [0.15, 0.2) is 0 Å². The molecule has 0 amide bonds. The molecule has 3 aromatic heterocycles. The molecule has 1 aliphatic rings. The van der Waals surface area contributed by atoms with E-state index in [1.807, 2.05) is 49.1 Å². The summed E-state index contributed by atoms with van der Waals surface area (Å²) in [6.07, 6.45) is 11.1. The highest BCUT2D eigenvalue weighted by Crippen LogP contribution is 2.30. The summed E-state index contributed by atoms with van der Waals surface area (Å²) in [4.78, 5) is 21.5. The average molecular weight is 393 g/mol. The minimum absolute atomic E-state index is 0.232. The highest BCUT2D eigenvalue weighted by molar-refractivity contribution is 5.84. The van der Waals surface area contributed by atoms with Gasteiger partial charge in [-0.05, 0) is 50.8 Å². The number of carbonyl (C=O) groups is 1. The minimum atomic E-state index is 0.232. The number of pyridine rings is 2. The fourth-order valence-corrected chi connectivity index (χ4v) is 4.34. The van der Waals surface area contributed by atoms with Gasteiger partial charge in [0.1, 0.15) is 5.78 Å². The van der Waals surface area contributed by atoms with Crippen LogP contribution < -0.4 is 0 Å². The predicted octanol–water partition coefficient (Wildman–Crippen LogP) is 4.22. The Bertz CT molecular complexity index is 995.